The van der Waals surface area contributed by atoms with Crippen LogP contribution in [0.1, 0.15) is 36.6 Å². The standard InChI is InChI=1S/C12H19N5O/c1-7-10(13)16-12(8-3-4-8)17-11(7)15-6-5-9(18)14-2/h8H,3-6H2,1-2H3,(H,14,18)(H3,13,15,16,17). The molecule has 1 amide bonds. The van der Waals surface area contributed by atoms with E-state index in [0.29, 0.717) is 24.7 Å². The molecule has 1 aliphatic rings. The molecule has 1 aliphatic carbocycles. The molecule has 0 unspecified atom stereocenters. The highest BCUT2D eigenvalue weighted by molar-refractivity contribution is 5.76. The number of hydrogen-bond donors (Lipinski definition) is 3. The van der Waals surface area contributed by atoms with Gasteiger partial charge in [0.1, 0.15) is 17.5 Å². The minimum absolute atomic E-state index is 0.00426. The molecule has 0 aromatic carbocycles. The van der Waals surface area contributed by atoms with Crippen molar-refractivity contribution < 1.29 is 4.79 Å². The van der Waals surface area contributed by atoms with E-state index in [4.69, 9.17) is 5.73 Å². The lowest BCUT2D eigenvalue weighted by Crippen LogP contribution is -2.21. The molecule has 0 radical (unpaired) electrons. The van der Waals surface area contributed by atoms with Crippen LogP contribution in [-0.4, -0.2) is 29.5 Å². The van der Waals surface area contributed by atoms with E-state index in [1.165, 1.54) is 0 Å². The van der Waals surface area contributed by atoms with E-state index in [9.17, 15) is 4.79 Å². The number of anilines is 2. The van der Waals surface area contributed by atoms with Gasteiger partial charge in [-0.1, -0.05) is 0 Å². The first-order valence-electron chi connectivity index (χ1n) is 6.20. The van der Waals surface area contributed by atoms with Crippen LogP contribution in [0, 0.1) is 6.92 Å². The molecule has 0 atom stereocenters. The fourth-order valence-electron chi connectivity index (χ4n) is 1.67. The fourth-order valence-corrected chi connectivity index (χ4v) is 1.67. The summed E-state index contributed by atoms with van der Waals surface area (Å²) in [5.74, 6) is 2.56. The Morgan fingerprint density at radius 1 is 1.44 bits per heavy atom. The summed E-state index contributed by atoms with van der Waals surface area (Å²) in [5.41, 5.74) is 6.72. The fraction of sp³-hybridized carbons (Fsp3) is 0.583. The van der Waals surface area contributed by atoms with Gasteiger partial charge in [-0.2, -0.15) is 0 Å². The lowest BCUT2D eigenvalue weighted by Gasteiger charge is -2.11. The van der Waals surface area contributed by atoms with E-state index in [1.54, 1.807) is 7.05 Å². The molecular weight excluding hydrogens is 230 g/mol. The second-order valence-electron chi connectivity index (χ2n) is 4.56. The molecule has 6 heteroatoms. The third-order valence-electron chi connectivity index (χ3n) is 3.07. The number of nitrogens with zero attached hydrogens (tertiary/aromatic N) is 2. The van der Waals surface area contributed by atoms with Crippen molar-refractivity contribution in [3.05, 3.63) is 11.4 Å². The molecule has 0 bridgehead atoms. The smallest absolute Gasteiger partial charge is 0.221 e. The number of nitrogens with two attached hydrogens (primary N) is 1. The van der Waals surface area contributed by atoms with Crippen molar-refractivity contribution in [2.75, 3.05) is 24.6 Å². The van der Waals surface area contributed by atoms with E-state index in [-0.39, 0.29) is 5.91 Å². The van der Waals surface area contributed by atoms with Gasteiger partial charge in [0.25, 0.3) is 0 Å². The molecule has 4 N–H and O–H groups in total. The minimum atomic E-state index is 0.00426. The Bertz CT molecular complexity index is 456. The number of aromatic nitrogens is 2. The second-order valence-corrected chi connectivity index (χ2v) is 4.56. The van der Waals surface area contributed by atoms with Gasteiger partial charge in [-0.05, 0) is 19.8 Å². The van der Waals surface area contributed by atoms with Gasteiger partial charge in [0, 0.05) is 31.5 Å². The summed E-state index contributed by atoms with van der Waals surface area (Å²) in [4.78, 5) is 19.9. The lowest BCUT2D eigenvalue weighted by atomic mass is 10.2. The molecule has 0 aliphatic heterocycles. The van der Waals surface area contributed by atoms with Crippen molar-refractivity contribution in [3.8, 4) is 0 Å². The lowest BCUT2D eigenvalue weighted by molar-refractivity contribution is -0.120. The van der Waals surface area contributed by atoms with Gasteiger partial charge in [-0.15, -0.1) is 0 Å². The summed E-state index contributed by atoms with van der Waals surface area (Å²) in [6.45, 7) is 2.43. The van der Waals surface area contributed by atoms with E-state index in [2.05, 4.69) is 20.6 Å². The Labute approximate surface area is 106 Å². The Morgan fingerprint density at radius 2 is 2.17 bits per heavy atom. The van der Waals surface area contributed by atoms with E-state index < -0.39 is 0 Å². The Kier molecular flexibility index (Phi) is 3.64. The first-order chi connectivity index (χ1) is 8.61. The van der Waals surface area contributed by atoms with Crippen LogP contribution < -0.4 is 16.4 Å². The van der Waals surface area contributed by atoms with Gasteiger partial charge >= 0.3 is 0 Å². The maximum absolute atomic E-state index is 11.1. The van der Waals surface area contributed by atoms with Crippen molar-refractivity contribution in [1.82, 2.24) is 15.3 Å². The highest BCUT2D eigenvalue weighted by Gasteiger charge is 2.27. The van der Waals surface area contributed by atoms with Crippen molar-refractivity contribution >= 4 is 17.5 Å². The maximum Gasteiger partial charge on any atom is 0.221 e. The summed E-state index contributed by atoms with van der Waals surface area (Å²) in [7, 11) is 1.63. The van der Waals surface area contributed by atoms with Crippen molar-refractivity contribution in [2.24, 2.45) is 0 Å². The van der Waals surface area contributed by atoms with Crippen LogP contribution in [0.25, 0.3) is 0 Å². The molecule has 2 rings (SSSR count). The molecule has 1 aromatic heterocycles. The average Bonchev–Trinajstić information content (AvgIpc) is 3.18. The zero-order valence-electron chi connectivity index (χ0n) is 10.8. The zero-order chi connectivity index (χ0) is 13.1. The van der Waals surface area contributed by atoms with Crippen molar-refractivity contribution in [3.63, 3.8) is 0 Å². The Morgan fingerprint density at radius 3 is 2.78 bits per heavy atom. The minimum Gasteiger partial charge on any atom is -0.383 e. The number of hydrogen-bond acceptors (Lipinski definition) is 5. The maximum atomic E-state index is 11.1. The highest BCUT2D eigenvalue weighted by atomic mass is 16.1. The van der Waals surface area contributed by atoms with E-state index in [0.717, 1.165) is 30.0 Å². The first-order valence-corrected chi connectivity index (χ1v) is 6.20. The summed E-state index contributed by atoms with van der Waals surface area (Å²) >= 11 is 0. The summed E-state index contributed by atoms with van der Waals surface area (Å²) < 4.78 is 0. The van der Waals surface area contributed by atoms with Crippen LogP contribution in [0.5, 0.6) is 0 Å². The number of carbonyl (C=O) groups excluding carboxylic acids is 1. The largest absolute Gasteiger partial charge is 0.383 e. The van der Waals surface area contributed by atoms with Gasteiger partial charge < -0.3 is 16.4 Å². The summed E-state index contributed by atoms with van der Waals surface area (Å²) in [6, 6.07) is 0. The summed E-state index contributed by atoms with van der Waals surface area (Å²) in [6.07, 6.45) is 2.69. The molecule has 0 spiro atoms. The SMILES string of the molecule is CNC(=O)CCNc1nc(C2CC2)nc(N)c1C. The van der Waals surface area contributed by atoms with E-state index >= 15 is 0 Å². The van der Waals surface area contributed by atoms with Gasteiger partial charge in [-0.3, -0.25) is 4.79 Å². The number of nitrogen functional groups attached to an aromatic ring is 1. The topological polar surface area (TPSA) is 92.9 Å². The van der Waals surface area contributed by atoms with E-state index in [1.807, 2.05) is 6.92 Å². The van der Waals surface area contributed by atoms with Crippen LogP contribution in [0.2, 0.25) is 0 Å². The Balaban J connectivity index is 2.04. The molecule has 1 saturated carbocycles. The molecule has 0 saturated heterocycles. The predicted octanol–water partition coefficient (Wildman–Crippen LogP) is 0.793. The average molecular weight is 249 g/mol. The van der Waals surface area contributed by atoms with Crippen LogP contribution in [-0.2, 0) is 4.79 Å². The quantitative estimate of drug-likeness (QED) is 0.717. The predicted molar refractivity (Wildman–Crippen MR) is 70.3 cm³/mol. The zero-order valence-corrected chi connectivity index (χ0v) is 10.8. The van der Waals surface area contributed by atoms with Gasteiger partial charge in [0.05, 0.1) is 0 Å². The molecule has 18 heavy (non-hydrogen) atoms. The van der Waals surface area contributed by atoms with Gasteiger partial charge in [-0.25, -0.2) is 9.97 Å². The number of amides is 1. The van der Waals surface area contributed by atoms with Crippen LogP contribution >= 0.6 is 0 Å². The van der Waals surface area contributed by atoms with Gasteiger partial charge in [0.2, 0.25) is 5.91 Å². The first kappa shape index (κ1) is 12.6. The summed E-state index contributed by atoms with van der Waals surface area (Å²) in [5, 5.41) is 5.73. The number of rotatable bonds is 5. The molecule has 1 heterocycles. The normalized spacial score (nSPS) is 14.3. The van der Waals surface area contributed by atoms with Crippen molar-refractivity contribution in [1.29, 1.82) is 0 Å². The van der Waals surface area contributed by atoms with Crippen LogP contribution in [0.15, 0.2) is 0 Å². The monoisotopic (exact) mass is 249 g/mol. The molecule has 6 nitrogen and oxygen atoms in total. The molecular formula is C12H19N5O. The molecule has 98 valence electrons. The Hall–Kier alpha value is -1.85. The highest BCUT2D eigenvalue weighted by Crippen LogP contribution is 2.39. The second kappa shape index (κ2) is 5.20. The molecule has 1 aromatic rings. The van der Waals surface area contributed by atoms with Gasteiger partial charge in [0.15, 0.2) is 0 Å². The van der Waals surface area contributed by atoms with Crippen molar-refractivity contribution in [2.45, 2.75) is 32.1 Å². The third-order valence-corrected chi connectivity index (χ3v) is 3.07. The number of carbonyl (C=O) groups is 1. The number of nitrogens with one attached hydrogen (secondary N) is 2. The van der Waals surface area contributed by atoms with Crippen LogP contribution in [0.4, 0.5) is 11.6 Å². The molecule has 1 fully saturated rings. The third kappa shape index (κ3) is 2.88. The van der Waals surface area contributed by atoms with Crippen LogP contribution in [0.3, 0.4) is 0 Å².